The van der Waals surface area contributed by atoms with E-state index >= 15 is 0 Å². The molecule has 0 aliphatic heterocycles. The van der Waals surface area contributed by atoms with E-state index in [4.69, 9.17) is 9.47 Å². The first kappa shape index (κ1) is 14.9. The van der Waals surface area contributed by atoms with Gasteiger partial charge in [0.2, 0.25) is 0 Å². The van der Waals surface area contributed by atoms with Gasteiger partial charge in [-0.2, -0.15) is 5.10 Å². The molecule has 0 saturated carbocycles. The Morgan fingerprint density at radius 2 is 1.87 bits per heavy atom. The van der Waals surface area contributed by atoms with Gasteiger partial charge in [-0.3, -0.25) is 9.89 Å². The molecule has 3 rings (SSSR count). The van der Waals surface area contributed by atoms with Gasteiger partial charge in [0.05, 0.1) is 19.2 Å². The molecular formula is C17H17N3O3. The normalized spacial score (nSPS) is 10.5. The van der Waals surface area contributed by atoms with Crippen molar-refractivity contribution in [3.05, 3.63) is 54.2 Å². The van der Waals surface area contributed by atoms with Crippen LogP contribution in [0, 0.1) is 0 Å². The Hall–Kier alpha value is -3.02. The summed E-state index contributed by atoms with van der Waals surface area (Å²) in [6.07, 6.45) is 0. The first-order valence-electron chi connectivity index (χ1n) is 7.26. The third kappa shape index (κ3) is 3.26. The van der Waals surface area contributed by atoms with Gasteiger partial charge in [-0.15, -0.1) is 0 Å². The largest absolute Gasteiger partial charge is 0.493 e. The van der Waals surface area contributed by atoms with Crippen LogP contribution in [-0.4, -0.2) is 36.4 Å². The molecule has 0 spiro atoms. The van der Waals surface area contributed by atoms with Crippen molar-refractivity contribution in [2.75, 3.05) is 20.3 Å². The van der Waals surface area contributed by atoms with Crippen LogP contribution in [0.2, 0.25) is 0 Å². The van der Waals surface area contributed by atoms with E-state index in [9.17, 15) is 4.79 Å². The minimum atomic E-state index is -0.230. The highest BCUT2D eigenvalue weighted by Gasteiger charge is 2.13. The molecule has 0 bridgehead atoms. The summed E-state index contributed by atoms with van der Waals surface area (Å²) in [4.78, 5) is 12.2. The van der Waals surface area contributed by atoms with E-state index in [0.717, 1.165) is 10.9 Å². The zero-order chi connectivity index (χ0) is 16.1. The highest BCUT2D eigenvalue weighted by Crippen LogP contribution is 2.25. The minimum Gasteiger partial charge on any atom is -0.493 e. The Kier molecular flexibility index (Phi) is 4.42. The van der Waals surface area contributed by atoms with Gasteiger partial charge in [0.15, 0.2) is 17.2 Å². The summed E-state index contributed by atoms with van der Waals surface area (Å²) in [5.74, 6) is 1.08. The lowest BCUT2D eigenvalue weighted by atomic mass is 10.2. The number of carbonyl (C=O) groups excluding carboxylic acids is 1. The highest BCUT2D eigenvalue weighted by molar-refractivity contribution is 6.04. The van der Waals surface area contributed by atoms with Crippen molar-refractivity contribution in [1.29, 1.82) is 0 Å². The number of nitrogens with one attached hydrogen (secondary N) is 2. The smallest absolute Gasteiger partial charge is 0.272 e. The molecule has 2 aromatic carbocycles. The highest BCUT2D eigenvalue weighted by atomic mass is 16.5. The average molecular weight is 311 g/mol. The summed E-state index contributed by atoms with van der Waals surface area (Å²) in [6.45, 7) is 0.715. The number of methoxy groups -OCH3 is 1. The number of para-hydroxylation sites is 3. The predicted molar refractivity (Wildman–Crippen MR) is 86.9 cm³/mol. The molecule has 3 aromatic rings. The maximum atomic E-state index is 12.2. The predicted octanol–water partition coefficient (Wildman–Crippen LogP) is 2.38. The molecule has 0 aliphatic rings. The second kappa shape index (κ2) is 6.83. The summed E-state index contributed by atoms with van der Waals surface area (Å²) in [5.41, 5.74) is 1.22. The topological polar surface area (TPSA) is 76.2 Å². The van der Waals surface area contributed by atoms with E-state index in [1.807, 2.05) is 48.5 Å². The number of amides is 1. The molecule has 23 heavy (non-hydrogen) atoms. The fourth-order valence-electron chi connectivity index (χ4n) is 2.28. The standard InChI is InChI=1S/C17H17N3O3/c1-22-14-8-4-5-9-15(14)23-11-10-18-17(21)16-12-6-2-3-7-13(12)19-20-16/h2-9H,10-11H2,1H3,(H,18,21)(H,19,20). The van der Waals surface area contributed by atoms with E-state index in [0.29, 0.717) is 30.3 Å². The third-order valence-corrected chi connectivity index (χ3v) is 3.40. The number of H-pyrrole nitrogens is 1. The number of rotatable bonds is 6. The number of benzene rings is 2. The van der Waals surface area contributed by atoms with Gasteiger partial charge < -0.3 is 14.8 Å². The molecule has 0 fully saturated rings. The number of hydrogen-bond acceptors (Lipinski definition) is 4. The Morgan fingerprint density at radius 3 is 2.70 bits per heavy atom. The Bertz CT molecular complexity index is 813. The van der Waals surface area contributed by atoms with Gasteiger partial charge >= 0.3 is 0 Å². The number of fused-ring (bicyclic) bond motifs is 1. The molecule has 0 aliphatic carbocycles. The van der Waals surface area contributed by atoms with Crippen LogP contribution in [0.15, 0.2) is 48.5 Å². The summed E-state index contributed by atoms with van der Waals surface area (Å²) in [6, 6.07) is 14.9. The van der Waals surface area contributed by atoms with Crippen LogP contribution in [0.1, 0.15) is 10.5 Å². The maximum absolute atomic E-state index is 12.2. The SMILES string of the molecule is COc1ccccc1OCCNC(=O)c1n[nH]c2ccccc12. The van der Waals surface area contributed by atoms with Gasteiger partial charge in [-0.1, -0.05) is 30.3 Å². The monoisotopic (exact) mass is 311 g/mol. The second-order valence-corrected chi connectivity index (χ2v) is 4.87. The zero-order valence-corrected chi connectivity index (χ0v) is 12.7. The number of aromatic nitrogens is 2. The number of aromatic amines is 1. The van der Waals surface area contributed by atoms with Crippen molar-refractivity contribution in [1.82, 2.24) is 15.5 Å². The summed E-state index contributed by atoms with van der Waals surface area (Å²) >= 11 is 0. The Morgan fingerprint density at radius 1 is 1.13 bits per heavy atom. The lowest BCUT2D eigenvalue weighted by Gasteiger charge is -2.10. The third-order valence-electron chi connectivity index (χ3n) is 3.40. The summed E-state index contributed by atoms with van der Waals surface area (Å²) < 4.78 is 10.8. The molecule has 0 radical (unpaired) electrons. The fourth-order valence-corrected chi connectivity index (χ4v) is 2.28. The van der Waals surface area contributed by atoms with Crippen molar-refractivity contribution in [2.24, 2.45) is 0 Å². The van der Waals surface area contributed by atoms with Gasteiger partial charge in [0, 0.05) is 5.39 Å². The molecule has 1 amide bonds. The van der Waals surface area contributed by atoms with E-state index < -0.39 is 0 Å². The van der Waals surface area contributed by atoms with E-state index in [-0.39, 0.29) is 5.91 Å². The van der Waals surface area contributed by atoms with E-state index in [1.54, 1.807) is 7.11 Å². The molecule has 0 saturated heterocycles. The molecule has 1 heterocycles. The second-order valence-electron chi connectivity index (χ2n) is 4.87. The van der Waals surface area contributed by atoms with Crippen molar-refractivity contribution < 1.29 is 14.3 Å². The van der Waals surface area contributed by atoms with Crippen molar-refractivity contribution in [2.45, 2.75) is 0 Å². The molecule has 0 atom stereocenters. The van der Waals surface area contributed by atoms with Gasteiger partial charge in [0.25, 0.3) is 5.91 Å². The summed E-state index contributed by atoms with van der Waals surface area (Å²) in [5, 5.41) is 10.5. The Balaban J connectivity index is 1.55. The molecule has 2 N–H and O–H groups in total. The van der Waals surface area contributed by atoms with Gasteiger partial charge in [-0.05, 0) is 18.2 Å². The van der Waals surface area contributed by atoms with Crippen LogP contribution in [0.4, 0.5) is 0 Å². The van der Waals surface area contributed by atoms with Crippen molar-refractivity contribution in [3.63, 3.8) is 0 Å². The molecular weight excluding hydrogens is 294 g/mol. The summed E-state index contributed by atoms with van der Waals surface area (Å²) in [7, 11) is 1.59. The maximum Gasteiger partial charge on any atom is 0.272 e. The lowest BCUT2D eigenvalue weighted by Crippen LogP contribution is -2.28. The molecule has 0 unspecified atom stereocenters. The average Bonchev–Trinajstić information content (AvgIpc) is 3.03. The van der Waals surface area contributed by atoms with Gasteiger partial charge in [-0.25, -0.2) is 0 Å². The number of carbonyl (C=O) groups is 1. The number of ether oxygens (including phenoxy) is 2. The first-order chi connectivity index (χ1) is 11.3. The zero-order valence-electron chi connectivity index (χ0n) is 12.7. The number of hydrogen-bond donors (Lipinski definition) is 2. The van der Waals surface area contributed by atoms with Crippen LogP contribution in [0.25, 0.3) is 10.9 Å². The molecule has 1 aromatic heterocycles. The van der Waals surface area contributed by atoms with Crippen molar-refractivity contribution >= 4 is 16.8 Å². The van der Waals surface area contributed by atoms with E-state index in [2.05, 4.69) is 15.5 Å². The van der Waals surface area contributed by atoms with Gasteiger partial charge in [0.1, 0.15) is 6.61 Å². The van der Waals surface area contributed by atoms with Crippen LogP contribution in [-0.2, 0) is 0 Å². The quantitative estimate of drug-likeness (QED) is 0.685. The first-order valence-corrected chi connectivity index (χ1v) is 7.26. The van der Waals surface area contributed by atoms with Crippen LogP contribution in [0.3, 0.4) is 0 Å². The minimum absolute atomic E-state index is 0.230. The molecule has 6 nitrogen and oxygen atoms in total. The van der Waals surface area contributed by atoms with E-state index in [1.165, 1.54) is 0 Å². The Labute approximate surface area is 133 Å². The van der Waals surface area contributed by atoms with Crippen LogP contribution < -0.4 is 14.8 Å². The molecule has 6 heteroatoms. The number of nitrogens with zero attached hydrogens (tertiary/aromatic N) is 1. The van der Waals surface area contributed by atoms with Crippen molar-refractivity contribution in [3.8, 4) is 11.5 Å². The van der Waals surface area contributed by atoms with Crippen LogP contribution >= 0.6 is 0 Å². The molecule has 118 valence electrons. The lowest BCUT2D eigenvalue weighted by molar-refractivity contribution is 0.0943. The fraction of sp³-hybridized carbons (Fsp3) is 0.176. The van der Waals surface area contributed by atoms with Crippen LogP contribution in [0.5, 0.6) is 11.5 Å².